The van der Waals surface area contributed by atoms with Crippen LogP contribution in [0.15, 0.2) is 30.5 Å². The van der Waals surface area contributed by atoms with Crippen LogP contribution in [0.1, 0.15) is 12.0 Å². The van der Waals surface area contributed by atoms with Crippen molar-refractivity contribution in [3.8, 4) is 0 Å². The van der Waals surface area contributed by atoms with E-state index in [2.05, 4.69) is 4.98 Å². The smallest absolute Gasteiger partial charge is 0.407 e. The van der Waals surface area contributed by atoms with Gasteiger partial charge in [0.1, 0.15) is 0 Å². The van der Waals surface area contributed by atoms with E-state index in [4.69, 9.17) is 16.7 Å². The summed E-state index contributed by atoms with van der Waals surface area (Å²) in [5.41, 5.74) is 3.33. The SMILES string of the molecule is O=C(O)N1CC=C(c2c[nH]c3ccc(Cl)cc23)CC1. The lowest BCUT2D eigenvalue weighted by atomic mass is 9.99. The summed E-state index contributed by atoms with van der Waals surface area (Å²) < 4.78 is 0. The van der Waals surface area contributed by atoms with Gasteiger partial charge in [0.05, 0.1) is 0 Å². The first-order valence-electron chi connectivity index (χ1n) is 6.09. The van der Waals surface area contributed by atoms with Gasteiger partial charge in [-0.25, -0.2) is 4.79 Å². The number of H-pyrrole nitrogens is 1. The number of aromatic nitrogens is 1. The summed E-state index contributed by atoms with van der Waals surface area (Å²) in [6.07, 6.45) is 3.80. The van der Waals surface area contributed by atoms with Gasteiger partial charge < -0.3 is 15.0 Å². The third-order valence-electron chi connectivity index (χ3n) is 3.47. The number of fused-ring (bicyclic) bond motifs is 1. The van der Waals surface area contributed by atoms with Crippen molar-refractivity contribution in [1.29, 1.82) is 0 Å². The lowest BCUT2D eigenvalue weighted by molar-refractivity contribution is 0.150. The Morgan fingerprint density at radius 1 is 1.42 bits per heavy atom. The second kappa shape index (κ2) is 4.63. The van der Waals surface area contributed by atoms with Crippen molar-refractivity contribution < 1.29 is 9.90 Å². The number of hydrogen-bond acceptors (Lipinski definition) is 1. The minimum atomic E-state index is -0.864. The van der Waals surface area contributed by atoms with E-state index >= 15 is 0 Å². The fraction of sp³-hybridized carbons (Fsp3) is 0.214. The van der Waals surface area contributed by atoms with Gasteiger partial charge in [0.15, 0.2) is 0 Å². The highest BCUT2D eigenvalue weighted by Crippen LogP contribution is 2.30. The fourth-order valence-corrected chi connectivity index (χ4v) is 2.62. The van der Waals surface area contributed by atoms with Crippen molar-refractivity contribution in [2.24, 2.45) is 0 Å². The third kappa shape index (κ3) is 2.19. The van der Waals surface area contributed by atoms with Crippen molar-refractivity contribution in [3.63, 3.8) is 0 Å². The molecular weight excluding hydrogens is 264 g/mol. The van der Waals surface area contributed by atoms with Crippen molar-refractivity contribution >= 4 is 34.2 Å². The van der Waals surface area contributed by atoms with Crippen LogP contribution in [0.25, 0.3) is 16.5 Å². The normalized spacial score (nSPS) is 15.6. The van der Waals surface area contributed by atoms with Gasteiger partial charge in [-0.2, -0.15) is 0 Å². The van der Waals surface area contributed by atoms with Gasteiger partial charge in [0.2, 0.25) is 0 Å². The van der Waals surface area contributed by atoms with Crippen LogP contribution in [-0.2, 0) is 0 Å². The molecule has 1 aliphatic heterocycles. The molecule has 0 spiro atoms. The van der Waals surface area contributed by atoms with Gasteiger partial charge in [-0.15, -0.1) is 0 Å². The molecule has 2 aromatic rings. The van der Waals surface area contributed by atoms with Crippen LogP contribution in [0.3, 0.4) is 0 Å². The zero-order chi connectivity index (χ0) is 13.4. The minimum absolute atomic E-state index is 0.442. The number of carboxylic acid groups (broad SMARTS) is 1. The summed E-state index contributed by atoms with van der Waals surface area (Å²) in [5, 5.41) is 10.7. The second-order valence-corrected chi connectivity index (χ2v) is 5.04. The van der Waals surface area contributed by atoms with Gasteiger partial charge in [-0.1, -0.05) is 17.7 Å². The predicted molar refractivity (Wildman–Crippen MR) is 75.5 cm³/mol. The van der Waals surface area contributed by atoms with E-state index in [0.29, 0.717) is 18.1 Å². The van der Waals surface area contributed by atoms with Gasteiger partial charge in [0, 0.05) is 40.8 Å². The number of amides is 1. The van der Waals surface area contributed by atoms with Crippen molar-refractivity contribution in [2.75, 3.05) is 13.1 Å². The monoisotopic (exact) mass is 276 g/mol. The lowest BCUT2D eigenvalue weighted by Crippen LogP contribution is -2.33. The van der Waals surface area contributed by atoms with E-state index in [1.165, 1.54) is 10.5 Å². The number of hydrogen-bond donors (Lipinski definition) is 2. The Labute approximate surface area is 115 Å². The number of benzene rings is 1. The van der Waals surface area contributed by atoms with Crippen molar-refractivity contribution in [2.45, 2.75) is 6.42 Å². The Bertz CT molecular complexity index is 675. The molecule has 1 aromatic heterocycles. The van der Waals surface area contributed by atoms with Crippen LogP contribution >= 0.6 is 11.6 Å². The topological polar surface area (TPSA) is 56.3 Å². The van der Waals surface area contributed by atoms with E-state index in [1.54, 1.807) is 0 Å². The van der Waals surface area contributed by atoms with E-state index in [9.17, 15) is 4.79 Å². The second-order valence-electron chi connectivity index (χ2n) is 4.60. The van der Waals surface area contributed by atoms with Gasteiger partial charge in [-0.05, 0) is 30.2 Å². The quantitative estimate of drug-likeness (QED) is 0.836. The van der Waals surface area contributed by atoms with Crippen LogP contribution in [0, 0.1) is 0 Å². The van der Waals surface area contributed by atoms with Gasteiger partial charge in [-0.3, -0.25) is 0 Å². The standard InChI is InChI=1S/C14H13ClN2O2/c15-10-1-2-13-11(7-10)12(8-16-13)9-3-5-17(6-4-9)14(18)19/h1-3,7-8,16H,4-6H2,(H,18,19). The van der Waals surface area contributed by atoms with Crippen LogP contribution < -0.4 is 0 Å². The number of aromatic amines is 1. The molecule has 1 amide bonds. The molecule has 1 aliphatic rings. The molecule has 1 aromatic carbocycles. The molecule has 0 atom stereocenters. The molecule has 98 valence electrons. The molecular formula is C14H13ClN2O2. The number of rotatable bonds is 1. The fourth-order valence-electron chi connectivity index (χ4n) is 2.45. The van der Waals surface area contributed by atoms with Crippen molar-refractivity contribution in [3.05, 3.63) is 41.1 Å². The summed E-state index contributed by atoms with van der Waals surface area (Å²) in [4.78, 5) is 15.5. The highest BCUT2D eigenvalue weighted by molar-refractivity contribution is 6.31. The van der Waals surface area contributed by atoms with E-state index in [1.807, 2.05) is 30.5 Å². The minimum Gasteiger partial charge on any atom is -0.465 e. The summed E-state index contributed by atoms with van der Waals surface area (Å²) >= 11 is 6.03. The molecule has 0 radical (unpaired) electrons. The summed E-state index contributed by atoms with van der Waals surface area (Å²) in [6, 6.07) is 5.74. The molecule has 0 saturated heterocycles. The van der Waals surface area contributed by atoms with Crippen LogP contribution in [0.2, 0.25) is 5.02 Å². The largest absolute Gasteiger partial charge is 0.465 e. The predicted octanol–water partition coefficient (Wildman–Crippen LogP) is 3.59. The maximum absolute atomic E-state index is 10.9. The Balaban J connectivity index is 1.97. The number of halogens is 1. The molecule has 19 heavy (non-hydrogen) atoms. The highest BCUT2D eigenvalue weighted by atomic mass is 35.5. The molecule has 2 N–H and O–H groups in total. The molecule has 0 fully saturated rings. The van der Waals surface area contributed by atoms with Crippen molar-refractivity contribution in [1.82, 2.24) is 9.88 Å². The summed E-state index contributed by atoms with van der Waals surface area (Å²) in [6.45, 7) is 0.978. The zero-order valence-electron chi connectivity index (χ0n) is 10.2. The molecule has 0 aliphatic carbocycles. The first-order chi connectivity index (χ1) is 9.15. The van der Waals surface area contributed by atoms with Crippen LogP contribution in [-0.4, -0.2) is 34.2 Å². The Kier molecular flexibility index (Phi) is 2.95. The van der Waals surface area contributed by atoms with E-state index in [0.717, 1.165) is 22.9 Å². The third-order valence-corrected chi connectivity index (χ3v) is 3.70. The summed E-state index contributed by atoms with van der Waals surface area (Å²) in [7, 11) is 0. The Morgan fingerprint density at radius 3 is 2.95 bits per heavy atom. The molecule has 5 heteroatoms. The average Bonchev–Trinajstić information content (AvgIpc) is 2.81. The first kappa shape index (κ1) is 12.1. The number of nitrogens with one attached hydrogen (secondary N) is 1. The van der Waals surface area contributed by atoms with Crippen LogP contribution in [0.5, 0.6) is 0 Å². The maximum atomic E-state index is 10.9. The molecule has 2 heterocycles. The Hall–Kier alpha value is -1.94. The van der Waals surface area contributed by atoms with E-state index in [-0.39, 0.29) is 0 Å². The maximum Gasteiger partial charge on any atom is 0.407 e. The molecule has 0 bridgehead atoms. The average molecular weight is 277 g/mol. The lowest BCUT2D eigenvalue weighted by Gasteiger charge is -2.23. The number of nitrogens with zero attached hydrogens (tertiary/aromatic N) is 1. The van der Waals surface area contributed by atoms with Gasteiger partial charge in [0.25, 0.3) is 0 Å². The Morgan fingerprint density at radius 2 is 2.26 bits per heavy atom. The van der Waals surface area contributed by atoms with Crippen LogP contribution in [0.4, 0.5) is 4.79 Å². The number of carbonyl (C=O) groups is 1. The highest BCUT2D eigenvalue weighted by Gasteiger charge is 2.18. The molecule has 0 unspecified atom stereocenters. The first-order valence-corrected chi connectivity index (χ1v) is 6.47. The molecule has 3 rings (SSSR count). The molecule has 0 saturated carbocycles. The summed E-state index contributed by atoms with van der Waals surface area (Å²) in [5.74, 6) is 0. The molecule has 4 nitrogen and oxygen atoms in total. The zero-order valence-corrected chi connectivity index (χ0v) is 10.9. The van der Waals surface area contributed by atoms with Gasteiger partial charge >= 0.3 is 6.09 Å². The van der Waals surface area contributed by atoms with E-state index < -0.39 is 6.09 Å².